The van der Waals surface area contributed by atoms with Crippen molar-refractivity contribution in [2.24, 2.45) is 10.8 Å². The molecule has 2 saturated heterocycles. The summed E-state index contributed by atoms with van der Waals surface area (Å²) in [6, 6.07) is 0. The van der Waals surface area contributed by atoms with E-state index in [0.29, 0.717) is 26.1 Å². The molecule has 1 unspecified atom stereocenters. The minimum atomic E-state index is -1.11. The topological polar surface area (TPSA) is 124 Å². The molecule has 0 aromatic heterocycles. The third-order valence-electron chi connectivity index (χ3n) is 9.26. The van der Waals surface area contributed by atoms with Gasteiger partial charge in [0.05, 0.1) is 30.8 Å². The third-order valence-corrected chi connectivity index (χ3v) is 9.26. The summed E-state index contributed by atoms with van der Waals surface area (Å²) in [6.07, 6.45) is 6.92. The number of cyclic esters (lactones) is 1. The highest BCUT2D eigenvalue weighted by Crippen LogP contribution is 2.72. The van der Waals surface area contributed by atoms with Gasteiger partial charge in [-0.25, -0.2) is 9.59 Å². The number of hydrogen-bond acceptors (Lipinski definition) is 9. The van der Waals surface area contributed by atoms with Crippen molar-refractivity contribution in [2.45, 2.75) is 89.2 Å². The number of allylic oxidation sites excluding steroid dienone is 3. The van der Waals surface area contributed by atoms with Gasteiger partial charge in [0.1, 0.15) is 36.6 Å². The number of ether oxygens (including phenoxy) is 5. The Kier molecular flexibility index (Phi) is 7.19. The smallest absolute Gasteiger partial charge is 0.331 e. The monoisotopic (exact) mass is 530 g/mol. The molecule has 9 atom stereocenters. The molecule has 1 saturated carbocycles. The molecule has 0 radical (unpaired) electrons. The van der Waals surface area contributed by atoms with Crippen LogP contribution in [0.1, 0.15) is 47.0 Å². The molecule has 2 spiro atoms. The maximum absolute atomic E-state index is 13.0. The summed E-state index contributed by atoms with van der Waals surface area (Å²) in [7, 11) is 0. The Balaban J connectivity index is 1.54. The largest absolute Gasteiger partial charge is 0.462 e. The Morgan fingerprint density at radius 1 is 1.05 bits per heavy atom. The first-order valence-corrected chi connectivity index (χ1v) is 13.4. The van der Waals surface area contributed by atoms with Gasteiger partial charge in [-0.05, 0) is 40.0 Å². The van der Waals surface area contributed by atoms with Gasteiger partial charge in [-0.1, -0.05) is 42.4 Å². The second kappa shape index (κ2) is 10.0. The van der Waals surface area contributed by atoms with Crippen LogP contribution < -0.4 is 0 Å². The lowest BCUT2D eigenvalue weighted by Crippen LogP contribution is -2.66. The van der Waals surface area contributed by atoms with Crippen LogP contribution in [0.15, 0.2) is 47.6 Å². The summed E-state index contributed by atoms with van der Waals surface area (Å²) in [5, 5.41) is 21.5. The van der Waals surface area contributed by atoms with Crippen LogP contribution in [0.5, 0.6) is 0 Å². The number of aliphatic hydroxyl groups excluding tert-OH is 2. The predicted molar refractivity (Wildman–Crippen MR) is 136 cm³/mol. The molecule has 5 aliphatic rings. The summed E-state index contributed by atoms with van der Waals surface area (Å²) in [5.74, 6) is -1.11. The molecule has 3 aliphatic heterocycles. The molecular weight excluding hydrogens is 492 g/mol. The summed E-state index contributed by atoms with van der Waals surface area (Å²) in [5.41, 5.74) is -0.543. The average Bonchev–Trinajstić information content (AvgIpc) is 3.64. The lowest BCUT2D eigenvalue weighted by molar-refractivity contribution is -0.232. The Bertz CT molecular complexity index is 1080. The fourth-order valence-corrected chi connectivity index (χ4v) is 6.89. The van der Waals surface area contributed by atoms with Gasteiger partial charge in [-0.3, -0.25) is 0 Å². The highest BCUT2D eigenvalue weighted by molar-refractivity contribution is 5.83. The van der Waals surface area contributed by atoms with Crippen LogP contribution in [0.4, 0.5) is 0 Å². The first-order chi connectivity index (χ1) is 18.0. The minimum Gasteiger partial charge on any atom is -0.462 e. The molecule has 3 fully saturated rings. The highest BCUT2D eigenvalue weighted by Gasteiger charge is 2.85. The zero-order chi connectivity index (χ0) is 27.3. The fourth-order valence-electron chi connectivity index (χ4n) is 6.89. The van der Waals surface area contributed by atoms with Crippen molar-refractivity contribution in [3.05, 3.63) is 47.6 Å². The Morgan fingerprint density at radius 2 is 1.82 bits per heavy atom. The number of carbonyl (C=O) groups excluding carboxylic acids is 2. The summed E-state index contributed by atoms with van der Waals surface area (Å²) < 4.78 is 30.1. The van der Waals surface area contributed by atoms with E-state index in [9.17, 15) is 19.8 Å². The van der Waals surface area contributed by atoms with Gasteiger partial charge < -0.3 is 33.9 Å². The molecule has 0 aromatic rings. The van der Waals surface area contributed by atoms with Crippen LogP contribution in [0.3, 0.4) is 0 Å². The summed E-state index contributed by atoms with van der Waals surface area (Å²) >= 11 is 0. The number of aliphatic hydroxyl groups is 2. The molecule has 2 aliphatic carbocycles. The summed E-state index contributed by atoms with van der Waals surface area (Å²) in [4.78, 5) is 25.9. The molecule has 2 bridgehead atoms. The van der Waals surface area contributed by atoms with E-state index in [2.05, 4.69) is 0 Å². The first kappa shape index (κ1) is 27.3. The average molecular weight is 531 g/mol. The van der Waals surface area contributed by atoms with Crippen molar-refractivity contribution in [1.29, 1.82) is 0 Å². The number of epoxide rings is 1. The van der Waals surface area contributed by atoms with E-state index in [1.807, 2.05) is 26.8 Å². The second-order valence-electron chi connectivity index (χ2n) is 11.5. The minimum absolute atomic E-state index is 0.0261. The van der Waals surface area contributed by atoms with Crippen molar-refractivity contribution in [2.75, 3.05) is 19.8 Å². The Labute approximate surface area is 223 Å². The normalized spacial score (nSPS) is 45.9. The van der Waals surface area contributed by atoms with E-state index in [-0.39, 0.29) is 6.61 Å². The van der Waals surface area contributed by atoms with Crippen molar-refractivity contribution in [1.82, 2.24) is 0 Å². The van der Waals surface area contributed by atoms with Gasteiger partial charge in [0.15, 0.2) is 0 Å². The zero-order valence-corrected chi connectivity index (χ0v) is 22.4. The lowest BCUT2D eigenvalue weighted by atomic mass is 9.51. The SMILES string of the molecule is CC1=CC(=O)OC[C@]23CCC(C)=C[C@H]2O[C@@H]2C(O)[C@@H](OC(=O)/C=C/C=C/[C@H]([C@@H](C)O)OCC1)[C@@]3(C)[C@]21CO1. The number of carbonyl (C=O) groups is 2. The van der Waals surface area contributed by atoms with E-state index < -0.39 is 65.0 Å². The first-order valence-electron chi connectivity index (χ1n) is 13.4. The van der Waals surface area contributed by atoms with Crippen molar-refractivity contribution in [3.8, 4) is 0 Å². The molecule has 208 valence electrons. The van der Waals surface area contributed by atoms with E-state index in [0.717, 1.165) is 17.6 Å². The van der Waals surface area contributed by atoms with Gasteiger partial charge in [-0.2, -0.15) is 0 Å². The molecule has 3 heterocycles. The van der Waals surface area contributed by atoms with Crippen LogP contribution in [0, 0.1) is 10.8 Å². The van der Waals surface area contributed by atoms with Crippen LogP contribution in [-0.4, -0.2) is 84.2 Å². The molecule has 0 amide bonds. The van der Waals surface area contributed by atoms with Crippen LogP contribution in [0.2, 0.25) is 0 Å². The van der Waals surface area contributed by atoms with Gasteiger partial charge in [-0.15, -0.1) is 0 Å². The lowest BCUT2D eigenvalue weighted by Gasteiger charge is -2.58. The van der Waals surface area contributed by atoms with Crippen LogP contribution >= 0.6 is 0 Å². The quantitative estimate of drug-likeness (QED) is 0.299. The maximum Gasteiger partial charge on any atom is 0.331 e. The molecule has 38 heavy (non-hydrogen) atoms. The summed E-state index contributed by atoms with van der Waals surface area (Å²) in [6.45, 7) is 8.14. The fraction of sp³-hybridized carbons (Fsp3) is 0.655. The standard InChI is InChI=1S/C29H38O9/c1-17-9-11-28-15-35-23(32)14-18(2)10-12-34-20(19(3)30)7-5-6-8-22(31)38-25-24(33)26(37-21(28)13-17)29(16-36-29)27(25,28)4/h5-8,13-14,19-21,24-26,30,33H,9-12,15-16H2,1-4H3/b7-5+,8-6+,18-14?/t19-,20-,21-,24?,25-,26-,27-,28-,29+/m1/s1. The van der Waals surface area contributed by atoms with Crippen LogP contribution in [-0.2, 0) is 33.3 Å². The molecule has 2 N–H and O–H groups in total. The number of hydrogen-bond donors (Lipinski definition) is 2. The van der Waals surface area contributed by atoms with E-state index in [4.69, 9.17) is 23.7 Å². The van der Waals surface area contributed by atoms with Crippen molar-refractivity contribution in [3.63, 3.8) is 0 Å². The molecule has 5 rings (SSSR count). The van der Waals surface area contributed by atoms with Gasteiger partial charge in [0.2, 0.25) is 0 Å². The molecule has 0 aromatic carbocycles. The predicted octanol–water partition coefficient (Wildman–Crippen LogP) is 2.31. The van der Waals surface area contributed by atoms with E-state index in [1.54, 1.807) is 19.1 Å². The number of rotatable bonds is 1. The number of esters is 2. The van der Waals surface area contributed by atoms with Crippen molar-refractivity contribution >= 4 is 11.9 Å². The van der Waals surface area contributed by atoms with Gasteiger partial charge in [0.25, 0.3) is 0 Å². The van der Waals surface area contributed by atoms with Gasteiger partial charge in [0, 0.05) is 17.6 Å². The molecule has 9 nitrogen and oxygen atoms in total. The molecule has 9 heteroatoms. The highest BCUT2D eigenvalue weighted by atomic mass is 16.7. The maximum atomic E-state index is 13.0. The zero-order valence-electron chi connectivity index (χ0n) is 22.4. The third kappa shape index (κ3) is 4.29. The van der Waals surface area contributed by atoms with E-state index >= 15 is 0 Å². The molecular formula is C29H38O9. The Morgan fingerprint density at radius 3 is 2.53 bits per heavy atom. The van der Waals surface area contributed by atoms with E-state index in [1.165, 1.54) is 18.2 Å². The van der Waals surface area contributed by atoms with Gasteiger partial charge >= 0.3 is 11.9 Å². The van der Waals surface area contributed by atoms with Crippen molar-refractivity contribution < 1.29 is 43.5 Å². The second-order valence-corrected chi connectivity index (χ2v) is 11.5. The van der Waals surface area contributed by atoms with Crippen LogP contribution in [0.25, 0.3) is 0 Å². The Hall–Kier alpha value is -2.30.